The first-order valence-corrected chi connectivity index (χ1v) is 6.60. The van der Waals surface area contributed by atoms with Gasteiger partial charge in [0.05, 0.1) is 12.8 Å². The lowest BCUT2D eigenvalue weighted by molar-refractivity contribution is 0.257. The van der Waals surface area contributed by atoms with E-state index in [1.54, 1.807) is 0 Å². The molecule has 1 aliphatic rings. The average molecular weight is 249 g/mol. The molecule has 0 unspecified atom stereocenters. The van der Waals surface area contributed by atoms with Crippen LogP contribution in [0.15, 0.2) is 6.33 Å². The van der Waals surface area contributed by atoms with Crippen molar-refractivity contribution in [2.75, 3.05) is 6.26 Å². The van der Waals surface area contributed by atoms with Crippen LogP contribution in [0, 0.1) is 0 Å². The van der Waals surface area contributed by atoms with Gasteiger partial charge in [0.2, 0.25) is 0 Å². The monoisotopic (exact) mass is 249 g/mol. The molecule has 0 saturated heterocycles. The number of hydrogen-bond acceptors (Lipinski definition) is 5. The normalized spacial score (nSPS) is 18.6. The van der Waals surface area contributed by atoms with Crippen molar-refractivity contribution in [3.05, 3.63) is 12.2 Å². The number of alkyl halides is 1. The molecule has 0 aliphatic heterocycles. The first-order valence-electron chi connectivity index (χ1n) is 4.78. The minimum absolute atomic E-state index is 0.166. The van der Waals surface area contributed by atoms with Crippen molar-refractivity contribution in [3.63, 3.8) is 0 Å². The molecule has 0 spiro atoms. The van der Waals surface area contributed by atoms with E-state index in [2.05, 4.69) is 14.3 Å². The lowest BCUT2D eigenvalue weighted by atomic mass is 10.4. The topological polar surface area (TPSA) is 74.1 Å². The minimum atomic E-state index is -3.50. The highest BCUT2D eigenvalue weighted by Crippen LogP contribution is 2.40. The van der Waals surface area contributed by atoms with E-state index in [4.69, 9.17) is 0 Å². The second kappa shape index (κ2) is 3.77. The van der Waals surface area contributed by atoms with E-state index < -0.39 is 15.8 Å². The van der Waals surface area contributed by atoms with Gasteiger partial charge in [0, 0.05) is 0 Å². The van der Waals surface area contributed by atoms with Crippen LogP contribution in [0.1, 0.15) is 18.7 Å². The molecule has 8 heteroatoms. The van der Waals surface area contributed by atoms with Gasteiger partial charge in [-0.05, 0) is 12.8 Å². The van der Waals surface area contributed by atoms with E-state index in [1.807, 2.05) is 0 Å². The molecule has 0 atom stereocenters. The largest absolute Gasteiger partial charge is 0.264 e. The van der Waals surface area contributed by atoms with Gasteiger partial charge in [0.1, 0.15) is 18.6 Å². The highest BCUT2D eigenvalue weighted by atomic mass is 32.2. The maximum absolute atomic E-state index is 13.4. The van der Waals surface area contributed by atoms with Crippen LogP contribution in [-0.4, -0.2) is 35.1 Å². The third-order valence-electron chi connectivity index (χ3n) is 2.22. The molecule has 1 aromatic heterocycles. The SMILES string of the molecule is CS(=O)(=O)OCc1ncn(CC2(F)CC2)n1. The summed E-state index contributed by atoms with van der Waals surface area (Å²) >= 11 is 0. The number of hydrogen-bond donors (Lipinski definition) is 0. The van der Waals surface area contributed by atoms with Crippen LogP contribution in [-0.2, 0) is 27.5 Å². The number of aromatic nitrogens is 3. The molecule has 2 rings (SSSR count). The number of nitrogens with zero attached hydrogens (tertiary/aromatic N) is 3. The van der Waals surface area contributed by atoms with Crippen molar-refractivity contribution in [2.24, 2.45) is 0 Å². The Balaban J connectivity index is 1.92. The van der Waals surface area contributed by atoms with Gasteiger partial charge in [0.25, 0.3) is 10.1 Å². The zero-order valence-electron chi connectivity index (χ0n) is 8.76. The lowest BCUT2D eigenvalue weighted by Crippen LogP contribution is -2.13. The van der Waals surface area contributed by atoms with Crippen molar-refractivity contribution in [3.8, 4) is 0 Å². The molecule has 0 N–H and O–H groups in total. The Labute approximate surface area is 92.6 Å². The molecule has 1 saturated carbocycles. The Hall–Kier alpha value is -1.02. The third-order valence-corrected chi connectivity index (χ3v) is 2.77. The number of rotatable bonds is 5. The van der Waals surface area contributed by atoms with E-state index in [9.17, 15) is 12.8 Å². The van der Waals surface area contributed by atoms with Gasteiger partial charge in [0.15, 0.2) is 5.82 Å². The summed E-state index contributed by atoms with van der Waals surface area (Å²) in [5.41, 5.74) is -1.15. The first-order chi connectivity index (χ1) is 7.36. The molecule has 0 amide bonds. The van der Waals surface area contributed by atoms with Gasteiger partial charge < -0.3 is 0 Å². The number of halogens is 1. The maximum atomic E-state index is 13.4. The van der Waals surface area contributed by atoms with Crippen LogP contribution in [0.5, 0.6) is 0 Å². The molecule has 0 radical (unpaired) electrons. The summed E-state index contributed by atoms with van der Waals surface area (Å²) in [5.74, 6) is 0.231. The van der Waals surface area contributed by atoms with Crippen LogP contribution in [0.3, 0.4) is 0 Å². The fourth-order valence-corrected chi connectivity index (χ4v) is 1.54. The summed E-state index contributed by atoms with van der Waals surface area (Å²) in [7, 11) is -3.50. The van der Waals surface area contributed by atoms with E-state index >= 15 is 0 Å². The summed E-state index contributed by atoms with van der Waals surface area (Å²) in [6.07, 6.45) is 3.41. The van der Waals surface area contributed by atoms with Crippen molar-refractivity contribution < 1.29 is 17.0 Å². The second-order valence-electron chi connectivity index (χ2n) is 3.98. The molecule has 0 bridgehead atoms. The van der Waals surface area contributed by atoms with Crippen LogP contribution >= 0.6 is 0 Å². The van der Waals surface area contributed by atoms with Gasteiger partial charge in [-0.15, -0.1) is 0 Å². The maximum Gasteiger partial charge on any atom is 0.264 e. The first kappa shape index (κ1) is 11.5. The smallest absolute Gasteiger partial charge is 0.262 e. The molecular weight excluding hydrogens is 237 g/mol. The molecular formula is C8H12FN3O3S. The Kier molecular flexibility index (Phi) is 2.70. The summed E-state index contributed by atoms with van der Waals surface area (Å²) < 4.78 is 40.6. The molecule has 90 valence electrons. The van der Waals surface area contributed by atoms with E-state index in [0.29, 0.717) is 12.8 Å². The summed E-state index contributed by atoms with van der Waals surface area (Å²) in [6.45, 7) is -0.0516. The Morgan fingerprint density at radius 2 is 2.31 bits per heavy atom. The van der Waals surface area contributed by atoms with Crippen LogP contribution in [0.25, 0.3) is 0 Å². The van der Waals surface area contributed by atoms with Gasteiger partial charge in [-0.1, -0.05) is 0 Å². The summed E-state index contributed by atoms with van der Waals surface area (Å²) in [6, 6.07) is 0. The zero-order valence-corrected chi connectivity index (χ0v) is 9.57. The third kappa shape index (κ3) is 3.24. The fourth-order valence-electron chi connectivity index (χ4n) is 1.22. The van der Waals surface area contributed by atoms with Gasteiger partial charge in [-0.2, -0.15) is 13.5 Å². The Morgan fingerprint density at radius 3 is 2.88 bits per heavy atom. The highest BCUT2D eigenvalue weighted by Gasteiger charge is 2.43. The van der Waals surface area contributed by atoms with Gasteiger partial charge >= 0.3 is 0 Å². The van der Waals surface area contributed by atoms with E-state index in [0.717, 1.165) is 6.26 Å². The van der Waals surface area contributed by atoms with Crippen LogP contribution in [0.2, 0.25) is 0 Å². The molecule has 1 aromatic rings. The van der Waals surface area contributed by atoms with Gasteiger partial charge in [-0.3, -0.25) is 4.18 Å². The lowest BCUT2D eigenvalue weighted by Gasteiger charge is -2.02. The molecule has 16 heavy (non-hydrogen) atoms. The Morgan fingerprint density at radius 1 is 1.62 bits per heavy atom. The zero-order chi connectivity index (χ0) is 11.8. The van der Waals surface area contributed by atoms with Gasteiger partial charge in [-0.25, -0.2) is 14.1 Å². The van der Waals surface area contributed by atoms with Crippen LogP contribution < -0.4 is 0 Å². The predicted octanol–water partition coefficient (Wildman–Crippen LogP) is 0.256. The quantitative estimate of drug-likeness (QED) is 0.700. The van der Waals surface area contributed by atoms with Crippen molar-refractivity contribution in [2.45, 2.75) is 31.7 Å². The van der Waals surface area contributed by atoms with Crippen molar-refractivity contribution >= 4 is 10.1 Å². The fraction of sp³-hybridized carbons (Fsp3) is 0.750. The highest BCUT2D eigenvalue weighted by molar-refractivity contribution is 7.85. The average Bonchev–Trinajstić information content (AvgIpc) is 2.72. The van der Waals surface area contributed by atoms with Crippen molar-refractivity contribution in [1.82, 2.24) is 14.8 Å². The molecule has 1 heterocycles. The second-order valence-corrected chi connectivity index (χ2v) is 5.62. The molecule has 1 aliphatic carbocycles. The van der Waals surface area contributed by atoms with Crippen LogP contribution in [0.4, 0.5) is 4.39 Å². The molecule has 1 fully saturated rings. The molecule has 0 aromatic carbocycles. The summed E-state index contributed by atoms with van der Waals surface area (Å²) in [5, 5.41) is 3.91. The Bertz CT molecular complexity index is 480. The van der Waals surface area contributed by atoms with E-state index in [1.165, 1.54) is 11.0 Å². The molecule has 6 nitrogen and oxygen atoms in total. The van der Waals surface area contributed by atoms with E-state index in [-0.39, 0.29) is 19.0 Å². The predicted molar refractivity (Wildman–Crippen MR) is 52.7 cm³/mol. The standard InChI is InChI=1S/C8H12FN3O3S/c1-16(13,14)15-4-7-10-6-12(11-7)5-8(9)2-3-8/h6H,2-5H2,1H3. The summed E-state index contributed by atoms with van der Waals surface area (Å²) in [4.78, 5) is 3.83. The minimum Gasteiger partial charge on any atom is -0.262 e. The van der Waals surface area contributed by atoms with Crippen molar-refractivity contribution in [1.29, 1.82) is 0 Å².